The van der Waals surface area contributed by atoms with Crippen molar-refractivity contribution in [2.45, 2.75) is 38.3 Å². The van der Waals surface area contributed by atoms with E-state index in [-0.39, 0.29) is 11.6 Å². The first kappa shape index (κ1) is 14.2. The van der Waals surface area contributed by atoms with E-state index in [9.17, 15) is 8.42 Å². The van der Waals surface area contributed by atoms with Crippen molar-refractivity contribution in [1.29, 1.82) is 0 Å². The molecule has 6 heteroatoms. The Balaban J connectivity index is 2.98. The van der Waals surface area contributed by atoms with Gasteiger partial charge in [0.05, 0.1) is 6.54 Å². The molecule has 0 aliphatic heterocycles. The molecule has 1 aromatic heterocycles. The number of nitrogens with two attached hydrogens (primary N) is 1. The zero-order valence-corrected chi connectivity index (χ0v) is 11.2. The van der Waals surface area contributed by atoms with Crippen LogP contribution in [0.4, 0.5) is 0 Å². The van der Waals surface area contributed by atoms with Crippen LogP contribution in [0.3, 0.4) is 0 Å². The first-order chi connectivity index (χ1) is 8.06. The van der Waals surface area contributed by atoms with Gasteiger partial charge in [-0.05, 0) is 25.0 Å². The Morgan fingerprint density at radius 3 is 2.24 bits per heavy atom. The third-order valence-corrected chi connectivity index (χ3v) is 4.15. The molecule has 1 aromatic rings. The van der Waals surface area contributed by atoms with Gasteiger partial charge in [-0.3, -0.25) is 0 Å². The van der Waals surface area contributed by atoms with E-state index in [4.69, 9.17) is 10.2 Å². The van der Waals surface area contributed by atoms with Crippen LogP contribution in [0.25, 0.3) is 0 Å². The van der Waals surface area contributed by atoms with Gasteiger partial charge in [0, 0.05) is 13.1 Å². The highest BCUT2D eigenvalue weighted by Gasteiger charge is 2.26. The van der Waals surface area contributed by atoms with E-state index in [0.29, 0.717) is 18.8 Å². The summed E-state index contributed by atoms with van der Waals surface area (Å²) < 4.78 is 31.1. The van der Waals surface area contributed by atoms with Crippen LogP contribution in [0.5, 0.6) is 0 Å². The minimum Gasteiger partial charge on any atom is -0.447 e. The second kappa shape index (κ2) is 6.18. The summed E-state index contributed by atoms with van der Waals surface area (Å²) in [6.45, 7) is 5.12. The van der Waals surface area contributed by atoms with Crippen LogP contribution in [0.1, 0.15) is 32.4 Å². The van der Waals surface area contributed by atoms with Gasteiger partial charge in [0.25, 0.3) is 10.0 Å². The molecule has 0 radical (unpaired) electrons. The Morgan fingerprint density at radius 2 is 1.82 bits per heavy atom. The highest BCUT2D eigenvalue weighted by atomic mass is 32.2. The maximum absolute atomic E-state index is 12.2. The van der Waals surface area contributed by atoms with E-state index in [0.717, 1.165) is 12.8 Å². The molecule has 0 saturated heterocycles. The largest absolute Gasteiger partial charge is 0.447 e. The van der Waals surface area contributed by atoms with Crippen LogP contribution in [0.2, 0.25) is 0 Å². The van der Waals surface area contributed by atoms with Crippen LogP contribution in [0.15, 0.2) is 21.6 Å². The average Bonchev–Trinajstić information content (AvgIpc) is 2.78. The van der Waals surface area contributed by atoms with E-state index >= 15 is 0 Å². The molecule has 0 unspecified atom stereocenters. The Hall–Kier alpha value is -0.850. The molecule has 1 heterocycles. The Bertz CT molecular complexity index is 433. The summed E-state index contributed by atoms with van der Waals surface area (Å²) in [7, 11) is -3.50. The molecule has 5 nitrogen and oxygen atoms in total. The topological polar surface area (TPSA) is 76.5 Å². The molecule has 0 amide bonds. The molecule has 0 saturated carbocycles. The van der Waals surface area contributed by atoms with Gasteiger partial charge in [0.2, 0.25) is 5.09 Å². The van der Waals surface area contributed by atoms with Gasteiger partial charge in [-0.2, -0.15) is 4.31 Å². The standard InChI is InChI=1S/C11H20N2O3S/c1-3-7-13(8-4-2)17(14,15)11-6-5-10(9-12)16-11/h5-6H,3-4,7-9,12H2,1-2H3. The predicted octanol–water partition coefficient (Wildman–Crippen LogP) is 1.55. The highest BCUT2D eigenvalue weighted by Crippen LogP contribution is 2.19. The van der Waals surface area contributed by atoms with Gasteiger partial charge in [0.15, 0.2) is 0 Å². The summed E-state index contributed by atoms with van der Waals surface area (Å²) in [4.78, 5) is 0. The third kappa shape index (κ3) is 3.31. The summed E-state index contributed by atoms with van der Waals surface area (Å²) in [6.07, 6.45) is 1.56. The molecular formula is C11H20N2O3S. The van der Waals surface area contributed by atoms with Crippen LogP contribution >= 0.6 is 0 Å². The number of nitrogens with zero attached hydrogens (tertiary/aromatic N) is 1. The summed E-state index contributed by atoms with van der Waals surface area (Å²) in [5.41, 5.74) is 5.40. The monoisotopic (exact) mass is 260 g/mol. The molecule has 1 rings (SSSR count). The number of hydrogen-bond donors (Lipinski definition) is 1. The van der Waals surface area contributed by atoms with Crippen LogP contribution < -0.4 is 5.73 Å². The molecule has 17 heavy (non-hydrogen) atoms. The van der Waals surface area contributed by atoms with Crippen molar-refractivity contribution in [3.8, 4) is 0 Å². The first-order valence-corrected chi connectivity index (χ1v) is 7.29. The van der Waals surface area contributed by atoms with Crippen molar-refractivity contribution in [2.75, 3.05) is 13.1 Å². The van der Waals surface area contributed by atoms with Crippen LogP contribution in [-0.4, -0.2) is 25.8 Å². The lowest BCUT2D eigenvalue weighted by molar-refractivity contribution is 0.367. The molecule has 0 aliphatic carbocycles. The summed E-state index contributed by atoms with van der Waals surface area (Å²) in [5, 5.41) is -0.0140. The second-order valence-electron chi connectivity index (χ2n) is 3.83. The fourth-order valence-corrected chi connectivity index (χ4v) is 3.14. The lowest BCUT2D eigenvalue weighted by atomic mass is 10.4. The normalized spacial score (nSPS) is 12.2. The van der Waals surface area contributed by atoms with E-state index in [1.807, 2.05) is 13.8 Å². The van der Waals surface area contributed by atoms with Crippen molar-refractivity contribution in [3.63, 3.8) is 0 Å². The minimum atomic E-state index is -3.50. The quantitative estimate of drug-likeness (QED) is 0.807. The maximum atomic E-state index is 12.2. The fraction of sp³-hybridized carbons (Fsp3) is 0.636. The fourth-order valence-electron chi connectivity index (χ4n) is 1.58. The van der Waals surface area contributed by atoms with Crippen molar-refractivity contribution >= 4 is 10.0 Å². The molecule has 0 aliphatic rings. The molecule has 0 spiro atoms. The third-order valence-electron chi connectivity index (χ3n) is 2.38. The minimum absolute atomic E-state index is 0.0140. The van der Waals surface area contributed by atoms with E-state index < -0.39 is 10.0 Å². The Kier molecular flexibility index (Phi) is 5.17. The van der Waals surface area contributed by atoms with Gasteiger partial charge in [-0.1, -0.05) is 13.8 Å². The number of rotatable bonds is 7. The van der Waals surface area contributed by atoms with Crippen molar-refractivity contribution in [2.24, 2.45) is 5.73 Å². The van der Waals surface area contributed by atoms with Crippen LogP contribution in [-0.2, 0) is 16.6 Å². The van der Waals surface area contributed by atoms with E-state index in [1.54, 1.807) is 6.07 Å². The maximum Gasteiger partial charge on any atom is 0.276 e. The van der Waals surface area contributed by atoms with Crippen molar-refractivity contribution in [3.05, 3.63) is 17.9 Å². The van der Waals surface area contributed by atoms with Gasteiger partial charge in [-0.15, -0.1) is 0 Å². The van der Waals surface area contributed by atoms with Crippen molar-refractivity contribution < 1.29 is 12.8 Å². The smallest absolute Gasteiger partial charge is 0.276 e. The number of furan rings is 1. The number of hydrogen-bond acceptors (Lipinski definition) is 4. The predicted molar refractivity (Wildman–Crippen MR) is 65.9 cm³/mol. The van der Waals surface area contributed by atoms with Gasteiger partial charge in [-0.25, -0.2) is 8.42 Å². The van der Waals surface area contributed by atoms with Gasteiger partial charge >= 0.3 is 0 Å². The van der Waals surface area contributed by atoms with Gasteiger partial charge in [0.1, 0.15) is 5.76 Å². The molecule has 0 fully saturated rings. The summed E-state index contributed by atoms with van der Waals surface area (Å²) in [5.74, 6) is 0.483. The Morgan fingerprint density at radius 1 is 1.24 bits per heavy atom. The molecular weight excluding hydrogens is 240 g/mol. The van der Waals surface area contributed by atoms with E-state index in [2.05, 4.69) is 0 Å². The molecule has 0 bridgehead atoms. The molecule has 98 valence electrons. The zero-order chi connectivity index (χ0) is 12.9. The summed E-state index contributed by atoms with van der Waals surface area (Å²) in [6, 6.07) is 3.07. The highest BCUT2D eigenvalue weighted by molar-refractivity contribution is 7.89. The second-order valence-corrected chi connectivity index (χ2v) is 5.70. The number of sulfonamides is 1. The SMILES string of the molecule is CCCN(CCC)S(=O)(=O)c1ccc(CN)o1. The lowest BCUT2D eigenvalue weighted by Gasteiger charge is -2.19. The first-order valence-electron chi connectivity index (χ1n) is 5.85. The molecule has 2 N–H and O–H groups in total. The van der Waals surface area contributed by atoms with E-state index in [1.165, 1.54) is 10.4 Å². The average molecular weight is 260 g/mol. The van der Waals surface area contributed by atoms with Crippen LogP contribution in [0, 0.1) is 0 Å². The Labute approximate surface area is 103 Å². The van der Waals surface area contributed by atoms with Gasteiger partial charge < -0.3 is 10.2 Å². The molecule has 0 aromatic carbocycles. The zero-order valence-electron chi connectivity index (χ0n) is 10.3. The lowest BCUT2D eigenvalue weighted by Crippen LogP contribution is -2.32. The summed E-state index contributed by atoms with van der Waals surface area (Å²) >= 11 is 0. The molecule has 0 atom stereocenters. The van der Waals surface area contributed by atoms with Crippen molar-refractivity contribution in [1.82, 2.24) is 4.31 Å².